The summed E-state index contributed by atoms with van der Waals surface area (Å²) in [6.45, 7) is 1.77. The standard InChI is InChI=1S/C13H20N2O3S/c14-9-12-2-1-3-13(8-12)19(16,17)15-6-7-18-10-11-4-5-11/h1-3,8,11,15H,4-7,9-10,14H2. The van der Waals surface area contributed by atoms with Gasteiger partial charge in [0.1, 0.15) is 0 Å². The van der Waals surface area contributed by atoms with Gasteiger partial charge in [-0.2, -0.15) is 0 Å². The second kappa shape index (κ2) is 6.47. The molecule has 0 radical (unpaired) electrons. The van der Waals surface area contributed by atoms with E-state index >= 15 is 0 Å². The van der Waals surface area contributed by atoms with Crippen molar-refractivity contribution in [3.63, 3.8) is 0 Å². The summed E-state index contributed by atoms with van der Waals surface area (Å²) in [5, 5.41) is 0. The maximum atomic E-state index is 12.0. The molecule has 2 rings (SSSR count). The van der Waals surface area contributed by atoms with Gasteiger partial charge in [0.25, 0.3) is 0 Å². The first-order valence-electron chi connectivity index (χ1n) is 6.48. The van der Waals surface area contributed by atoms with Crippen LogP contribution in [0.4, 0.5) is 0 Å². The van der Waals surface area contributed by atoms with Crippen LogP contribution in [0.5, 0.6) is 0 Å². The topological polar surface area (TPSA) is 81.4 Å². The van der Waals surface area contributed by atoms with Gasteiger partial charge in [0.15, 0.2) is 0 Å². The van der Waals surface area contributed by atoms with Crippen LogP contribution in [0.2, 0.25) is 0 Å². The van der Waals surface area contributed by atoms with Gasteiger partial charge in [-0.05, 0) is 36.5 Å². The van der Waals surface area contributed by atoms with Gasteiger partial charge in [-0.25, -0.2) is 13.1 Å². The van der Waals surface area contributed by atoms with E-state index in [4.69, 9.17) is 10.5 Å². The predicted octanol–water partition coefficient (Wildman–Crippen LogP) is 0.850. The Balaban J connectivity index is 1.82. The lowest BCUT2D eigenvalue weighted by atomic mass is 10.2. The fourth-order valence-corrected chi connectivity index (χ4v) is 2.79. The summed E-state index contributed by atoms with van der Waals surface area (Å²) >= 11 is 0. The van der Waals surface area contributed by atoms with Crippen molar-refractivity contribution < 1.29 is 13.2 Å². The summed E-state index contributed by atoms with van der Waals surface area (Å²) in [5.74, 6) is 0.692. The third kappa shape index (κ3) is 4.58. The van der Waals surface area contributed by atoms with Gasteiger partial charge in [-0.15, -0.1) is 0 Å². The summed E-state index contributed by atoms with van der Waals surface area (Å²) in [6.07, 6.45) is 2.47. The van der Waals surface area contributed by atoms with Crippen molar-refractivity contribution in [2.24, 2.45) is 11.7 Å². The van der Waals surface area contributed by atoms with Crippen LogP contribution >= 0.6 is 0 Å². The summed E-state index contributed by atoms with van der Waals surface area (Å²) in [7, 11) is -3.46. The van der Waals surface area contributed by atoms with Gasteiger partial charge in [0.2, 0.25) is 10.0 Å². The lowest BCUT2D eigenvalue weighted by Gasteiger charge is -2.08. The monoisotopic (exact) mass is 284 g/mol. The molecule has 0 heterocycles. The van der Waals surface area contributed by atoms with Gasteiger partial charge < -0.3 is 10.5 Å². The van der Waals surface area contributed by atoms with Gasteiger partial charge >= 0.3 is 0 Å². The van der Waals surface area contributed by atoms with Crippen LogP contribution in [0, 0.1) is 5.92 Å². The van der Waals surface area contributed by atoms with Crippen LogP contribution in [0.1, 0.15) is 18.4 Å². The highest BCUT2D eigenvalue weighted by Gasteiger charge is 2.21. The lowest BCUT2D eigenvalue weighted by molar-refractivity contribution is 0.129. The molecule has 0 spiro atoms. The van der Waals surface area contributed by atoms with Crippen molar-refractivity contribution in [3.05, 3.63) is 29.8 Å². The summed E-state index contributed by atoms with van der Waals surface area (Å²) < 4.78 is 31.9. The largest absolute Gasteiger partial charge is 0.380 e. The molecule has 0 atom stereocenters. The number of sulfonamides is 1. The third-order valence-electron chi connectivity index (χ3n) is 3.03. The average Bonchev–Trinajstić information content (AvgIpc) is 3.22. The van der Waals surface area contributed by atoms with E-state index < -0.39 is 10.0 Å². The van der Waals surface area contributed by atoms with Gasteiger partial charge in [0, 0.05) is 19.7 Å². The molecule has 1 aromatic rings. The zero-order chi connectivity index (χ0) is 13.7. The molecule has 0 aliphatic heterocycles. The van der Waals surface area contributed by atoms with Crippen molar-refractivity contribution in [1.82, 2.24) is 4.72 Å². The Morgan fingerprint density at radius 3 is 2.84 bits per heavy atom. The second-order valence-corrected chi connectivity index (χ2v) is 6.53. The Bertz CT molecular complexity index is 512. The van der Waals surface area contributed by atoms with Crippen molar-refractivity contribution in [2.75, 3.05) is 19.8 Å². The van der Waals surface area contributed by atoms with Crippen molar-refractivity contribution in [2.45, 2.75) is 24.3 Å². The minimum Gasteiger partial charge on any atom is -0.380 e. The van der Waals surface area contributed by atoms with E-state index in [-0.39, 0.29) is 4.90 Å². The molecule has 6 heteroatoms. The van der Waals surface area contributed by atoms with Crippen molar-refractivity contribution >= 4 is 10.0 Å². The van der Waals surface area contributed by atoms with Crippen LogP contribution in [0.15, 0.2) is 29.2 Å². The van der Waals surface area contributed by atoms with Gasteiger partial charge in [0.05, 0.1) is 11.5 Å². The molecule has 1 saturated carbocycles. The van der Waals surface area contributed by atoms with E-state index in [1.165, 1.54) is 12.8 Å². The number of hydrogen-bond acceptors (Lipinski definition) is 4. The van der Waals surface area contributed by atoms with E-state index in [1.54, 1.807) is 24.3 Å². The summed E-state index contributed by atoms with van der Waals surface area (Å²) in [5.41, 5.74) is 6.30. The van der Waals surface area contributed by atoms with E-state index in [2.05, 4.69) is 4.72 Å². The first-order valence-corrected chi connectivity index (χ1v) is 7.96. The molecule has 1 aliphatic carbocycles. The quantitative estimate of drug-likeness (QED) is 0.693. The predicted molar refractivity (Wildman–Crippen MR) is 73.1 cm³/mol. The molecule has 19 heavy (non-hydrogen) atoms. The Morgan fingerprint density at radius 1 is 1.37 bits per heavy atom. The fourth-order valence-electron chi connectivity index (χ4n) is 1.71. The highest BCUT2D eigenvalue weighted by atomic mass is 32.2. The Kier molecular flexibility index (Phi) is 4.93. The zero-order valence-corrected chi connectivity index (χ0v) is 11.7. The highest BCUT2D eigenvalue weighted by Crippen LogP contribution is 2.28. The minimum absolute atomic E-state index is 0.248. The molecule has 1 aromatic carbocycles. The normalized spacial score (nSPS) is 15.6. The molecule has 0 amide bonds. The summed E-state index contributed by atoms with van der Waals surface area (Å²) in [4.78, 5) is 0.248. The molecule has 106 valence electrons. The van der Waals surface area contributed by atoms with E-state index in [0.717, 1.165) is 12.2 Å². The molecule has 5 nitrogen and oxygen atoms in total. The van der Waals surface area contributed by atoms with Gasteiger partial charge in [-0.1, -0.05) is 12.1 Å². The maximum absolute atomic E-state index is 12.0. The smallest absolute Gasteiger partial charge is 0.240 e. The number of nitrogens with two attached hydrogens (primary N) is 1. The SMILES string of the molecule is NCc1cccc(S(=O)(=O)NCCOCC2CC2)c1. The number of rotatable bonds is 8. The molecule has 3 N–H and O–H groups in total. The molecule has 0 unspecified atom stereocenters. The first-order chi connectivity index (χ1) is 9.12. The number of benzene rings is 1. The third-order valence-corrected chi connectivity index (χ3v) is 4.49. The zero-order valence-electron chi connectivity index (χ0n) is 10.8. The van der Waals surface area contributed by atoms with Gasteiger partial charge in [-0.3, -0.25) is 0 Å². The molecule has 1 fully saturated rings. The van der Waals surface area contributed by atoms with Crippen LogP contribution in [0.25, 0.3) is 0 Å². The Labute approximate surface area is 114 Å². The maximum Gasteiger partial charge on any atom is 0.240 e. The molecule has 0 saturated heterocycles. The number of ether oxygens (including phenoxy) is 1. The molecular weight excluding hydrogens is 264 g/mol. The van der Waals surface area contributed by atoms with Crippen LogP contribution < -0.4 is 10.5 Å². The molecule has 0 bridgehead atoms. The van der Waals surface area contributed by atoms with Crippen molar-refractivity contribution in [3.8, 4) is 0 Å². The second-order valence-electron chi connectivity index (χ2n) is 4.77. The van der Waals surface area contributed by atoms with Crippen molar-refractivity contribution in [1.29, 1.82) is 0 Å². The number of hydrogen-bond donors (Lipinski definition) is 2. The van der Waals surface area contributed by atoms with E-state index in [9.17, 15) is 8.42 Å². The average molecular weight is 284 g/mol. The van der Waals surface area contributed by atoms with Crippen LogP contribution in [-0.2, 0) is 21.3 Å². The fraction of sp³-hybridized carbons (Fsp3) is 0.538. The molecular formula is C13H20N2O3S. The minimum atomic E-state index is -3.46. The van der Waals surface area contributed by atoms with Crippen LogP contribution in [0.3, 0.4) is 0 Å². The number of nitrogens with one attached hydrogen (secondary N) is 1. The van der Waals surface area contributed by atoms with E-state index in [0.29, 0.717) is 25.6 Å². The Hall–Kier alpha value is -0.950. The van der Waals surface area contributed by atoms with E-state index in [1.807, 2.05) is 0 Å². The summed E-state index contributed by atoms with van der Waals surface area (Å²) in [6, 6.07) is 6.65. The molecule has 0 aromatic heterocycles. The van der Waals surface area contributed by atoms with Crippen LogP contribution in [-0.4, -0.2) is 28.2 Å². The highest BCUT2D eigenvalue weighted by molar-refractivity contribution is 7.89. The molecule has 1 aliphatic rings. The first kappa shape index (κ1) is 14.5. The lowest BCUT2D eigenvalue weighted by Crippen LogP contribution is -2.27. The Morgan fingerprint density at radius 2 is 2.16 bits per heavy atom.